The number of carboxylic acids is 1. The lowest BCUT2D eigenvalue weighted by atomic mass is 10.1. The Bertz CT molecular complexity index is 401. The summed E-state index contributed by atoms with van der Waals surface area (Å²) in [5.41, 5.74) is 2.59. The van der Waals surface area contributed by atoms with Gasteiger partial charge in [0.1, 0.15) is 5.75 Å². The van der Waals surface area contributed by atoms with Gasteiger partial charge in [0.05, 0.1) is 5.97 Å². The summed E-state index contributed by atoms with van der Waals surface area (Å²) in [7, 11) is 1.67. The highest BCUT2D eigenvalue weighted by Crippen LogP contribution is 2.24. The van der Waals surface area contributed by atoms with Crippen LogP contribution in [0.15, 0.2) is 12.1 Å². The van der Waals surface area contributed by atoms with Crippen LogP contribution in [0.3, 0.4) is 0 Å². The highest BCUT2D eigenvalue weighted by Gasteiger charge is 2.08. The number of aryl methyl sites for hydroxylation is 2. The van der Waals surface area contributed by atoms with E-state index in [1.165, 1.54) is 0 Å². The predicted octanol–water partition coefficient (Wildman–Crippen LogP) is 0.191. The van der Waals surface area contributed by atoms with Gasteiger partial charge in [-0.15, -0.1) is 0 Å². The molecule has 0 spiro atoms. The summed E-state index contributed by atoms with van der Waals surface area (Å²) in [6.07, 6.45) is 0. The minimum atomic E-state index is -1.12. The highest BCUT2D eigenvalue weighted by molar-refractivity contribution is 5.66. The zero-order valence-corrected chi connectivity index (χ0v) is 9.78. The Hall–Kier alpha value is -1.55. The van der Waals surface area contributed by atoms with E-state index in [1.807, 2.05) is 26.0 Å². The van der Waals surface area contributed by atoms with E-state index < -0.39 is 5.97 Å². The molecule has 0 fully saturated rings. The molecule has 0 aliphatic carbocycles. The number of hydrogen-bond acceptors (Lipinski definition) is 4. The van der Waals surface area contributed by atoms with Crippen molar-refractivity contribution in [3.05, 3.63) is 28.8 Å². The Labute approximate surface area is 95.1 Å². The first kappa shape index (κ1) is 12.5. The van der Waals surface area contributed by atoms with E-state index in [0.717, 1.165) is 16.7 Å². The van der Waals surface area contributed by atoms with Gasteiger partial charge in [0, 0.05) is 18.7 Å². The monoisotopic (exact) mass is 222 g/mol. The average Bonchev–Trinajstić information content (AvgIpc) is 2.11. The molecular weight excluding hydrogens is 206 g/mol. The summed E-state index contributed by atoms with van der Waals surface area (Å²) in [6, 6.07) is 3.74. The molecule has 0 aliphatic rings. The fourth-order valence-electron chi connectivity index (χ4n) is 1.74. The summed E-state index contributed by atoms with van der Waals surface area (Å²) < 4.78 is 0. The minimum Gasteiger partial charge on any atom is -0.549 e. The second-order valence-electron chi connectivity index (χ2n) is 4.13. The molecule has 0 unspecified atom stereocenters. The summed E-state index contributed by atoms with van der Waals surface area (Å²) in [5.74, 6) is -0.887. The Morgan fingerprint density at radius 2 is 2.06 bits per heavy atom. The molecule has 0 bridgehead atoms. The van der Waals surface area contributed by atoms with Crippen molar-refractivity contribution in [3.63, 3.8) is 0 Å². The molecule has 1 N–H and O–H groups in total. The van der Waals surface area contributed by atoms with Gasteiger partial charge < -0.3 is 15.0 Å². The fourth-order valence-corrected chi connectivity index (χ4v) is 1.74. The van der Waals surface area contributed by atoms with Gasteiger partial charge in [-0.3, -0.25) is 4.90 Å². The molecule has 16 heavy (non-hydrogen) atoms. The van der Waals surface area contributed by atoms with Crippen LogP contribution in [0.4, 0.5) is 0 Å². The lowest BCUT2D eigenvalue weighted by Crippen LogP contribution is -2.35. The van der Waals surface area contributed by atoms with Crippen LogP contribution < -0.4 is 5.11 Å². The van der Waals surface area contributed by atoms with Crippen LogP contribution in [0, 0.1) is 13.8 Å². The normalized spacial score (nSPS) is 10.8. The van der Waals surface area contributed by atoms with Crippen molar-refractivity contribution in [1.82, 2.24) is 4.90 Å². The SMILES string of the molecule is Cc1cc(C)c(O)c(CN(C)CC(=O)[O-])c1. The van der Waals surface area contributed by atoms with Gasteiger partial charge in [-0.05, 0) is 26.5 Å². The van der Waals surface area contributed by atoms with Crippen LogP contribution in [0.25, 0.3) is 0 Å². The van der Waals surface area contributed by atoms with Gasteiger partial charge in [-0.1, -0.05) is 17.7 Å². The quantitative estimate of drug-likeness (QED) is 0.790. The lowest BCUT2D eigenvalue weighted by Gasteiger charge is -2.18. The van der Waals surface area contributed by atoms with E-state index in [1.54, 1.807) is 11.9 Å². The van der Waals surface area contributed by atoms with Crippen molar-refractivity contribution in [1.29, 1.82) is 0 Å². The van der Waals surface area contributed by atoms with Crippen molar-refractivity contribution >= 4 is 5.97 Å². The molecule has 4 nitrogen and oxygen atoms in total. The van der Waals surface area contributed by atoms with E-state index in [-0.39, 0.29) is 12.3 Å². The van der Waals surface area contributed by atoms with E-state index in [2.05, 4.69) is 0 Å². The molecule has 0 saturated heterocycles. The van der Waals surface area contributed by atoms with Gasteiger partial charge in [-0.2, -0.15) is 0 Å². The van der Waals surface area contributed by atoms with Crippen LogP contribution in [0.2, 0.25) is 0 Å². The summed E-state index contributed by atoms with van der Waals surface area (Å²) in [5, 5.41) is 20.2. The number of carbonyl (C=O) groups excluding carboxylic acids is 1. The predicted molar refractivity (Wildman–Crippen MR) is 58.9 cm³/mol. The molecule has 88 valence electrons. The number of hydrogen-bond donors (Lipinski definition) is 1. The third-order valence-corrected chi connectivity index (χ3v) is 2.36. The molecule has 1 rings (SSSR count). The van der Waals surface area contributed by atoms with Crippen molar-refractivity contribution in [2.75, 3.05) is 13.6 Å². The Kier molecular flexibility index (Phi) is 3.90. The molecule has 1 aromatic rings. The lowest BCUT2D eigenvalue weighted by molar-refractivity contribution is -0.306. The molecule has 0 aromatic heterocycles. The Morgan fingerprint density at radius 1 is 1.44 bits per heavy atom. The first-order valence-corrected chi connectivity index (χ1v) is 5.07. The number of aromatic hydroxyl groups is 1. The second kappa shape index (κ2) is 4.99. The van der Waals surface area contributed by atoms with E-state index in [9.17, 15) is 15.0 Å². The van der Waals surface area contributed by atoms with Crippen LogP contribution in [0.1, 0.15) is 16.7 Å². The first-order valence-electron chi connectivity index (χ1n) is 5.07. The van der Waals surface area contributed by atoms with Crippen molar-refractivity contribution in [3.8, 4) is 5.75 Å². The number of carbonyl (C=O) groups is 1. The molecule has 0 atom stereocenters. The summed E-state index contributed by atoms with van der Waals surface area (Å²) in [4.78, 5) is 12.0. The topological polar surface area (TPSA) is 63.6 Å². The maximum Gasteiger partial charge on any atom is 0.122 e. The zero-order valence-electron chi connectivity index (χ0n) is 9.78. The molecule has 0 amide bonds. The molecule has 0 saturated carbocycles. The molecule has 1 aromatic carbocycles. The molecular formula is C12H16NO3-. The zero-order chi connectivity index (χ0) is 12.3. The van der Waals surface area contributed by atoms with Crippen LogP contribution in [-0.4, -0.2) is 29.6 Å². The number of nitrogens with zero attached hydrogens (tertiary/aromatic N) is 1. The van der Waals surface area contributed by atoms with E-state index >= 15 is 0 Å². The maximum absolute atomic E-state index is 10.4. The maximum atomic E-state index is 10.4. The summed E-state index contributed by atoms with van der Waals surface area (Å²) >= 11 is 0. The number of phenolic OH excluding ortho intramolecular Hbond substituents is 1. The highest BCUT2D eigenvalue weighted by atomic mass is 16.4. The Morgan fingerprint density at radius 3 is 2.62 bits per heavy atom. The molecule has 4 heteroatoms. The van der Waals surface area contributed by atoms with Crippen LogP contribution in [0.5, 0.6) is 5.75 Å². The molecule has 0 heterocycles. The molecule has 0 radical (unpaired) electrons. The summed E-state index contributed by atoms with van der Waals surface area (Å²) in [6.45, 7) is 4.01. The largest absolute Gasteiger partial charge is 0.549 e. The van der Waals surface area contributed by atoms with Gasteiger partial charge in [0.2, 0.25) is 0 Å². The van der Waals surface area contributed by atoms with Crippen molar-refractivity contribution in [2.45, 2.75) is 20.4 Å². The van der Waals surface area contributed by atoms with Gasteiger partial charge >= 0.3 is 0 Å². The van der Waals surface area contributed by atoms with Gasteiger partial charge in [0.25, 0.3) is 0 Å². The fraction of sp³-hybridized carbons (Fsp3) is 0.417. The number of aliphatic carboxylic acids is 1. The van der Waals surface area contributed by atoms with Crippen molar-refractivity contribution < 1.29 is 15.0 Å². The number of benzene rings is 1. The Balaban J connectivity index is 2.84. The number of carboxylic acid groups (broad SMARTS) is 1. The van der Waals surface area contributed by atoms with E-state index in [0.29, 0.717) is 6.54 Å². The van der Waals surface area contributed by atoms with E-state index in [4.69, 9.17) is 0 Å². The third-order valence-electron chi connectivity index (χ3n) is 2.36. The van der Waals surface area contributed by atoms with Gasteiger partial charge in [-0.25, -0.2) is 0 Å². The van der Waals surface area contributed by atoms with Crippen LogP contribution in [-0.2, 0) is 11.3 Å². The first-order chi connectivity index (χ1) is 7.40. The van der Waals surface area contributed by atoms with Crippen molar-refractivity contribution in [2.24, 2.45) is 0 Å². The average molecular weight is 222 g/mol. The number of phenols is 1. The molecule has 0 aliphatic heterocycles. The smallest absolute Gasteiger partial charge is 0.122 e. The van der Waals surface area contributed by atoms with Crippen LogP contribution >= 0.6 is 0 Å². The third kappa shape index (κ3) is 3.24. The number of likely N-dealkylation sites (N-methyl/N-ethyl adjacent to an activating group) is 1. The van der Waals surface area contributed by atoms with Gasteiger partial charge in [0.15, 0.2) is 0 Å². The minimum absolute atomic E-state index is 0.146. The second-order valence-corrected chi connectivity index (χ2v) is 4.13. The number of rotatable bonds is 4. The standard InChI is InChI=1S/C12H17NO3/c1-8-4-9(2)12(16)10(5-8)6-13(3)7-11(14)15/h4-5,16H,6-7H2,1-3H3,(H,14,15)/p-1.